The molecule has 0 aromatic heterocycles. The SMILES string of the molecule is O=C(O)c1cccc(C(=O)O)c1.O=[S-](=O)O.[K+]. The summed E-state index contributed by atoms with van der Waals surface area (Å²) in [5, 5.41) is 17.0. The molecule has 0 radical (unpaired) electrons. The van der Waals surface area contributed by atoms with Gasteiger partial charge in [0.1, 0.15) is 0 Å². The number of hydrogen-bond acceptors (Lipinski definition) is 5. The maximum absolute atomic E-state index is 10.4. The van der Waals surface area contributed by atoms with Gasteiger partial charge in [0.25, 0.3) is 0 Å². The van der Waals surface area contributed by atoms with Crippen molar-refractivity contribution in [3.05, 3.63) is 35.4 Å². The summed E-state index contributed by atoms with van der Waals surface area (Å²) >= 11 is 0. The smallest absolute Gasteiger partial charge is 0.478 e. The largest absolute Gasteiger partial charge is 1.00 e. The van der Waals surface area contributed by atoms with Crippen molar-refractivity contribution in [3.63, 3.8) is 0 Å². The van der Waals surface area contributed by atoms with Crippen LogP contribution in [0.25, 0.3) is 0 Å². The number of carboxylic acid groups (broad SMARTS) is 2. The first kappa shape index (κ1) is 19.1. The van der Waals surface area contributed by atoms with Crippen molar-refractivity contribution in [2.45, 2.75) is 0 Å². The van der Waals surface area contributed by atoms with Gasteiger partial charge in [-0.05, 0) is 18.2 Å². The van der Waals surface area contributed by atoms with Crippen molar-refractivity contribution in [1.29, 1.82) is 0 Å². The van der Waals surface area contributed by atoms with Gasteiger partial charge in [0.2, 0.25) is 0 Å². The van der Waals surface area contributed by atoms with Crippen molar-refractivity contribution >= 4 is 22.9 Å². The molecule has 0 aliphatic rings. The van der Waals surface area contributed by atoms with Gasteiger partial charge in [-0.3, -0.25) is 0 Å². The van der Waals surface area contributed by atoms with Crippen LogP contribution in [0.1, 0.15) is 20.7 Å². The first-order valence-electron chi connectivity index (χ1n) is 3.69. The Labute approximate surface area is 141 Å². The third kappa shape index (κ3) is 9.41. The van der Waals surface area contributed by atoms with Crippen molar-refractivity contribution < 1.29 is 84.2 Å². The number of benzene rings is 1. The summed E-state index contributed by atoms with van der Waals surface area (Å²) in [5.74, 6) is -2.25. The van der Waals surface area contributed by atoms with E-state index in [4.69, 9.17) is 23.2 Å². The summed E-state index contributed by atoms with van der Waals surface area (Å²) < 4.78 is 24.1. The molecule has 0 saturated carbocycles. The molecule has 1 aromatic rings. The van der Waals surface area contributed by atoms with Gasteiger partial charge < -0.3 is 23.2 Å². The molecule has 0 saturated heterocycles. The molecule has 1 rings (SSSR count). The van der Waals surface area contributed by atoms with E-state index < -0.39 is 22.9 Å². The number of carboxylic acids is 2. The van der Waals surface area contributed by atoms with Crippen LogP contribution in [0, 0.1) is 0 Å². The third-order valence-electron chi connectivity index (χ3n) is 1.36. The second-order valence-corrected chi connectivity index (χ2v) is 2.84. The maximum atomic E-state index is 10.4. The van der Waals surface area contributed by atoms with Gasteiger partial charge in [0.05, 0.1) is 11.1 Å². The number of carbonyl (C=O) groups is 2. The number of rotatable bonds is 2. The molecular formula is C8H7KO7S. The summed E-state index contributed by atoms with van der Waals surface area (Å²) in [4.78, 5) is 20.8. The van der Waals surface area contributed by atoms with E-state index in [2.05, 4.69) is 0 Å². The quantitative estimate of drug-likeness (QED) is 0.245. The molecule has 0 aliphatic heterocycles. The van der Waals surface area contributed by atoms with E-state index in [1.165, 1.54) is 18.2 Å². The van der Waals surface area contributed by atoms with Gasteiger partial charge in [0, 0.05) is 11.0 Å². The van der Waals surface area contributed by atoms with Crippen molar-refractivity contribution in [2.75, 3.05) is 0 Å². The average molecular weight is 286 g/mol. The Bertz CT molecular complexity index is 431. The molecule has 9 heteroatoms. The summed E-state index contributed by atoms with van der Waals surface area (Å²) in [6.45, 7) is 0. The maximum Gasteiger partial charge on any atom is 1.00 e. The van der Waals surface area contributed by atoms with Crippen molar-refractivity contribution in [3.8, 4) is 0 Å². The summed E-state index contributed by atoms with van der Waals surface area (Å²) in [7, 11) is -2.86. The molecule has 0 atom stereocenters. The molecule has 3 N–H and O–H groups in total. The molecule has 88 valence electrons. The van der Waals surface area contributed by atoms with E-state index in [1.807, 2.05) is 0 Å². The zero-order valence-electron chi connectivity index (χ0n) is 8.69. The fourth-order valence-corrected chi connectivity index (χ4v) is 0.785. The minimum atomic E-state index is -2.86. The molecule has 0 bridgehead atoms. The van der Waals surface area contributed by atoms with Crippen LogP contribution >= 0.6 is 0 Å². The van der Waals surface area contributed by atoms with Crippen molar-refractivity contribution in [1.82, 2.24) is 0 Å². The molecule has 0 fully saturated rings. The fraction of sp³-hybridized carbons (Fsp3) is 0. The topological polar surface area (TPSA) is 129 Å². The minimum absolute atomic E-state index is 0. The van der Waals surface area contributed by atoms with E-state index in [9.17, 15) is 9.59 Å². The first-order chi connectivity index (χ1) is 7.34. The second kappa shape index (κ2) is 9.71. The molecule has 17 heavy (non-hydrogen) atoms. The standard InChI is InChI=1S/C8H6O4.K.HO3S/c9-7(10)5-2-1-3-6(4-5)8(11)12;;1-4(2)3/h1-4H,(H,9,10)(H,11,12);;(H,1,2,3)/q;+1;-1. The zero-order valence-corrected chi connectivity index (χ0v) is 12.6. The van der Waals surface area contributed by atoms with Gasteiger partial charge in [-0.15, -0.1) is 0 Å². The Morgan fingerprint density at radius 2 is 1.29 bits per heavy atom. The molecule has 0 spiro atoms. The van der Waals surface area contributed by atoms with Crippen LogP contribution in [0.4, 0.5) is 0 Å². The van der Waals surface area contributed by atoms with Crippen LogP contribution < -0.4 is 51.4 Å². The monoisotopic (exact) mass is 286 g/mol. The average Bonchev–Trinajstić information content (AvgIpc) is 2.17. The second-order valence-electron chi connectivity index (χ2n) is 2.41. The molecular weight excluding hydrogens is 279 g/mol. The summed E-state index contributed by atoms with van der Waals surface area (Å²) in [5.41, 5.74) is -0.0372. The molecule has 0 amide bonds. The number of hydrogen-bond donors (Lipinski definition) is 3. The molecule has 0 aliphatic carbocycles. The van der Waals surface area contributed by atoms with Crippen LogP contribution in [0.15, 0.2) is 24.3 Å². The van der Waals surface area contributed by atoms with Gasteiger partial charge in [-0.1, -0.05) is 6.07 Å². The van der Waals surface area contributed by atoms with Crippen LogP contribution in [0.5, 0.6) is 0 Å². The predicted octanol–water partition coefficient (Wildman–Crippen LogP) is -2.14. The summed E-state index contributed by atoms with van der Waals surface area (Å²) in [6.07, 6.45) is 0. The molecule has 1 aromatic carbocycles. The zero-order chi connectivity index (χ0) is 12.7. The Morgan fingerprint density at radius 1 is 1.00 bits per heavy atom. The van der Waals surface area contributed by atoms with E-state index >= 15 is 0 Å². The van der Waals surface area contributed by atoms with Gasteiger partial charge in [0.15, 0.2) is 0 Å². The van der Waals surface area contributed by atoms with Crippen LogP contribution in [-0.4, -0.2) is 26.7 Å². The first-order valence-corrected chi connectivity index (χ1v) is 4.72. The Morgan fingerprint density at radius 3 is 1.53 bits per heavy atom. The van der Waals surface area contributed by atoms with Crippen LogP contribution in [0.3, 0.4) is 0 Å². The number of aromatic carboxylic acids is 2. The minimum Gasteiger partial charge on any atom is -0.478 e. The summed E-state index contributed by atoms with van der Waals surface area (Å²) in [6, 6.07) is 5.20. The van der Waals surface area contributed by atoms with E-state index in [0.717, 1.165) is 6.07 Å². The van der Waals surface area contributed by atoms with Gasteiger partial charge >= 0.3 is 63.3 Å². The van der Waals surface area contributed by atoms with Crippen LogP contribution in [-0.2, 0) is 19.4 Å². The van der Waals surface area contributed by atoms with E-state index in [1.54, 1.807) is 0 Å². The fourth-order valence-electron chi connectivity index (χ4n) is 0.785. The Hall–Kier alpha value is -0.294. The third-order valence-corrected chi connectivity index (χ3v) is 1.36. The Kier molecular flexibility index (Phi) is 10.9. The van der Waals surface area contributed by atoms with E-state index in [-0.39, 0.29) is 62.5 Å². The molecule has 0 heterocycles. The molecule has 7 nitrogen and oxygen atoms in total. The predicted molar refractivity (Wildman–Crippen MR) is 51.7 cm³/mol. The van der Waals surface area contributed by atoms with E-state index in [0.29, 0.717) is 0 Å². The normalized spacial score (nSPS) is 8.59. The van der Waals surface area contributed by atoms with Gasteiger partial charge in [-0.25, -0.2) is 9.59 Å². The van der Waals surface area contributed by atoms with Gasteiger partial charge in [-0.2, -0.15) is 0 Å². The van der Waals surface area contributed by atoms with Crippen molar-refractivity contribution in [2.24, 2.45) is 0 Å². The van der Waals surface area contributed by atoms with Crippen LogP contribution in [0.2, 0.25) is 0 Å². The molecule has 0 unspecified atom stereocenters. The Balaban J connectivity index is 0.